The molecule has 1 unspecified atom stereocenters. The maximum atomic E-state index is 12.7. The summed E-state index contributed by atoms with van der Waals surface area (Å²) in [6.45, 7) is 0.141. The van der Waals surface area contributed by atoms with Gasteiger partial charge in [0, 0.05) is 31.4 Å². The molecule has 1 aromatic rings. The van der Waals surface area contributed by atoms with E-state index in [1.807, 2.05) is 0 Å². The van der Waals surface area contributed by atoms with Crippen molar-refractivity contribution in [3.8, 4) is 0 Å². The molecule has 0 spiro atoms. The number of aromatic nitrogens is 3. The molecule has 12 heteroatoms. The first-order valence-corrected chi connectivity index (χ1v) is 10.8. The maximum Gasteiger partial charge on any atom is 0.264 e. The predicted octanol–water partition coefficient (Wildman–Crippen LogP) is -0.314. The van der Waals surface area contributed by atoms with E-state index in [-0.39, 0.29) is 21.9 Å². The van der Waals surface area contributed by atoms with Crippen LogP contribution in [-0.2, 0) is 26.9 Å². The minimum absolute atomic E-state index is 0.0745. The van der Waals surface area contributed by atoms with E-state index in [1.165, 1.54) is 18.8 Å². The van der Waals surface area contributed by atoms with Gasteiger partial charge >= 0.3 is 0 Å². The highest BCUT2D eigenvalue weighted by atomic mass is 79.9. The zero-order chi connectivity index (χ0) is 15.1. The molecule has 0 amide bonds. The number of rotatable bonds is 3. The predicted molar refractivity (Wildman–Crippen MR) is 78.6 cm³/mol. The lowest BCUT2D eigenvalue weighted by molar-refractivity contribution is 0.399. The van der Waals surface area contributed by atoms with Crippen molar-refractivity contribution in [2.24, 2.45) is 7.05 Å². The van der Waals surface area contributed by atoms with Crippen LogP contribution in [0.1, 0.15) is 0 Å². The van der Waals surface area contributed by atoms with E-state index in [0.29, 0.717) is 5.75 Å². The van der Waals surface area contributed by atoms with Gasteiger partial charge in [0.25, 0.3) is 10.0 Å². The van der Waals surface area contributed by atoms with Crippen molar-refractivity contribution in [2.75, 3.05) is 24.3 Å². The fraction of sp³-hybridized carbons (Fsp3) is 0.750. The van der Waals surface area contributed by atoms with E-state index in [0.717, 1.165) is 15.2 Å². The number of nitrogens with zero attached hydrogens (tertiary/aromatic N) is 4. The number of halogens is 1. The number of hydrogen-bond acceptors (Lipinski definition) is 7. The number of aryl methyl sites for hydroxylation is 1. The van der Waals surface area contributed by atoms with E-state index >= 15 is 0 Å². The summed E-state index contributed by atoms with van der Waals surface area (Å²) >= 11 is 4.46. The highest BCUT2D eigenvalue weighted by molar-refractivity contribution is 9.10. The van der Waals surface area contributed by atoms with Crippen molar-refractivity contribution in [2.45, 2.75) is 10.4 Å². The summed E-state index contributed by atoms with van der Waals surface area (Å²) in [6.07, 6.45) is 1.04. The Labute approximate surface area is 130 Å². The Balaban J connectivity index is 2.52. The standard InChI is InChI=1S/C8H13BrN4O4S3/c1-12-8(7(9)10-11-12)20(16,17)13-3-4-18-5-6(13)19(2,14)15/h6H,3-5H2,1-2H3. The Hall–Kier alpha value is -0.170. The Morgan fingerprint density at radius 3 is 2.50 bits per heavy atom. The van der Waals surface area contributed by atoms with E-state index in [1.54, 1.807) is 0 Å². The monoisotopic (exact) mass is 404 g/mol. The van der Waals surface area contributed by atoms with Gasteiger partial charge in [-0.2, -0.15) is 16.1 Å². The Morgan fingerprint density at radius 2 is 2.00 bits per heavy atom. The molecule has 20 heavy (non-hydrogen) atoms. The van der Waals surface area contributed by atoms with Crippen LogP contribution in [0.3, 0.4) is 0 Å². The summed E-state index contributed by atoms with van der Waals surface area (Å²) in [5.74, 6) is 0.773. The molecule has 2 heterocycles. The number of sulfonamides is 1. The summed E-state index contributed by atoms with van der Waals surface area (Å²) in [7, 11) is -6.05. The summed E-state index contributed by atoms with van der Waals surface area (Å²) in [5.41, 5.74) is 0. The molecule has 0 radical (unpaired) electrons. The average molecular weight is 405 g/mol. The number of sulfone groups is 1. The lowest BCUT2D eigenvalue weighted by Crippen LogP contribution is -2.50. The van der Waals surface area contributed by atoms with Gasteiger partial charge in [0.1, 0.15) is 5.37 Å². The minimum atomic E-state index is -3.98. The van der Waals surface area contributed by atoms with Gasteiger partial charge in [-0.3, -0.25) is 0 Å². The normalized spacial score (nSPS) is 22.1. The van der Waals surface area contributed by atoms with E-state index in [2.05, 4.69) is 26.2 Å². The average Bonchev–Trinajstić information content (AvgIpc) is 2.68. The SMILES string of the molecule is Cn1nnc(Br)c1S(=O)(=O)N1CCSCC1S(C)(=O)=O. The van der Waals surface area contributed by atoms with E-state index in [4.69, 9.17) is 0 Å². The highest BCUT2D eigenvalue weighted by Crippen LogP contribution is 2.29. The van der Waals surface area contributed by atoms with Crippen LogP contribution in [0.4, 0.5) is 0 Å². The van der Waals surface area contributed by atoms with Gasteiger partial charge in [0.2, 0.25) is 5.03 Å². The van der Waals surface area contributed by atoms with Crippen molar-refractivity contribution >= 4 is 47.6 Å². The third kappa shape index (κ3) is 2.89. The molecule has 1 aliphatic rings. The quantitative estimate of drug-likeness (QED) is 0.680. The fourth-order valence-corrected chi connectivity index (χ4v) is 8.09. The van der Waals surface area contributed by atoms with Crippen molar-refractivity contribution in [1.29, 1.82) is 0 Å². The highest BCUT2D eigenvalue weighted by Gasteiger charge is 2.41. The third-order valence-corrected chi connectivity index (χ3v) is 8.40. The summed E-state index contributed by atoms with van der Waals surface area (Å²) in [4.78, 5) is 0. The second-order valence-electron chi connectivity index (χ2n) is 4.28. The number of hydrogen-bond donors (Lipinski definition) is 0. The zero-order valence-electron chi connectivity index (χ0n) is 10.7. The minimum Gasteiger partial charge on any atom is -0.235 e. The molecule has 0 N–H and O–H groups in total. The van der Waals surface area contributed by atoms with Gasteiger partial charge in [-0.05, 0) is 15.9 Å². The Bertz CT molecular complexity index is 695. The van der Waals surface area contributed by atoms with Crippen LogP contribution in [-0.4, -0.2) is 65.8 Å². The van der Waals surface area contributed by atoms with Crippen molar-refractivity contribution in [3.63, 3.8) is 0 Å². The molecule has 114 valence electrons. The topological polar surface area (TPSA) is 102 Å². The van der Waals surface area contributed by atoms with Crippen LogP contribution in [0.25, 0.3) is 0 Å². The van der Waals surface area contributed by atoms with E-state index in [9.17, 15) is 16.8 Å². The molecule has 1 atom stereocenters. The molecule has 0 aliphatic carbocycles. The van der Waals surface area contributed by atoms with Gasteiger partial charge in [-0.25, -0.2) is 21.5 Å². The molecular weight excluding hydrogens is 392 g/mol. The largest absolute Gasteiger partial charge is 0.264 e. The lowest BCUT2D eigenvalue weighted by Gasteiger charge is -2.32. The molecule has 1 saturated heterocycles. The van der Waals surface area contributed by atoms with Crippen LogP contribution in [0, 0.1) is 0 Å². The van der Waals surface area contributed by atoms with Crippen LogP contribution in [0.5, 0.6) is 0 Å². The van der Waals surface area contributed by atoms with Crippen LogP contribution < -0.4 is 0 Å². The first-order chi connectivity index (χ1) is 9.15. The third-order valence-electron chi connectivity index (χ3n) is 2.82. The molecular formula is C8H13BrN4O4S3. The van der Waals surface area contributed by atoms with E-state index < -0.39 is 25.2 Å². The molecule has 0 saturated carbocycles. The van der Waals surface area contributed by atoms with Gasteiger partial charge in [-0.15, -0.1) is 5.10 Å². The molecule has 1 aliphatic heterocycles. The molecule has 0 aromatic carbocycles. The van der Waals surface area contributed by atoms with Gasteiger partial charge < -0.3 is 0 Å². The first-order valence-electron chi connectivity index (χ1n) is 5.49. The molecule has 0 bridgehead atoms. The Kier molecular flexibility index (Phi) is 4.50. The smallest absolute Gasteiger partial charge is 0.235 e. The second-order valence-corrected chi connectivity index (χ2v) is 10.2. The van der Waals surface area contributed by atoms with Gasteiger partial charge in [0.15, 0.2) is 14.4 Å². The number of thioether (sulfide) groups is 1. The fourth-order valence-electron chi connectivity index (χ4n) is 1.89. The molecule has 1 aromatic heterocycles. The summed E-state index contributed by atoms with van der Waals surface area (Å²) in [5, 5.41) is 6.05. The molecule has 8 nitrogen and oxygen atoms in total. The van der Waals surface area contributed by atoms with Crippen molar-refractivity contribution in [3.05, 3.63) is 4.60 Å². The zero-order valence-corrected chi connectivity index (χ0v) is 14.8. The molecule has 1 fully saturated rings. The van der Waals surface area contributed by atoms with Crippen molar-refractivity contribution < 1.29 is 16.8 Å². The van der Waals surface area contributed by atoms with Gasteiger partial charge in [0.05, 0.1) is 0 Å². The van der Waals surface area contributed by atoms with Crippen LogP contribution in [0.2, 0.25) is 0 Å². The summed E-state index contributed by atoms with van der Waals surface area (Å²) in [6, 6.07) is 0. The second kappa shape index (κ2) is 5.55. The van der Waals surface area contributed by atoms with Crippen molar-refractivity contribution in [1.82, 2.24) is 19.3 Å². The Morgan fingerprint density at radius 1 is 1.35 bits per heavy atom. The lowest BCUT2D eigenvalue weighted by atomic mass is 10.6. The van der Waals surface area contributed by atoms with Gasteiger partial charge in [-0.1, -0.05) is 5.21 Å². The maximum absolute atomic E-state index is 12.7. The molecule has 2 rings (SSSR count). The summed E-state index contributed by atoms with van der Waals surface area (Å²) < 4.78 is 51.2. The van der Waals surface area contributed by atoms with Crippen LogP contribution >= 0.6 is 27.7 Å². The van der Waals surface area contributed by atoms with Crippen LogP contribution in [0.15, 0.2) is 9.63 Å². The first kappa shape index (κ1) is 16.2.